The van der Waals surface area contributed by atoms with Crippen molar-refractivity contribution in [2.75, 3.05) is 39.6 Å². The topological polar surface area (TPSA) is 82.3 Å². The van der Waals surface area contributed by atoms with Gasteiger partial charge in [0.2, 0.25) is 5.91 Å². The molecule has 2 aromatic carbocycles. The van der Waals surface area contributed by atoms with E-state index >= 15 is 0 Å². The highest BCUT2D eigenvalue weighted by atomic mass is 16.5. The Morgan fingerprint density at radius 2 is 1.97 bits per heavy atom. The van der Waals surface area contributed by atoms with Crippen LogP contribution in [0.4, 0.5) is 5.69 Å². The van der Waals surface area contributed by atoms with Gasteiger partial charge in [0.1, 0.15) is 11.8 Å². The molecule has 1 aromatic heterocycles. The molecule has 1 amide bonds. The predicted molar refractivity (Wildman–Crippen MR) is 115 cm³/mol. The summed E-state index contributed by atoms with van der Waals surface area (Å²) in [5, 5.41) is 13.1. The summed E-state index contributed by atoms with van der Waals surface area (Å²) in [6.07, 6.45) is 3.60. The quantitative estimate of drug-likeness (QED) is 0.521. The summed E-state index contributed by atoms with van der Waals surface area (Å²) in [7, 11) is 5.63. The van der Waals surface area contributed by atoms with Gasteiger partial charge in [0.05, 0.1) is 13.3 Å². The Hall–Kier alpha value is -3.16. The van der Waals surface area contributed by atoms with E-state index in [0.29, 0.717) is 6.54 Å². The fraction of sp³-hybridized carbons (Fsp3) is 0.273. The smallest absolute Gasteiger partial charge is 0.246 e. The largest absolute Gasteiger partial charge is 0.497 e. The average molecular weight is 393 g/mol. The Morgan fingerprint density at radius 1 is 1.17 bits per heavy atom. The SMILES string of the molecule is COc1cccc([C@H](NCCN(C)C)C(=O)Nc2ccc(-c3cn[nH]c3)cc2)c1. The summed E-state index contributed by atoms with van der Waals surface area (Å²) < 4.78 is 5.32. The molecule has 0 saturated heterocycles. The molecular weight excluding hydrogens is 366 g/mol. The molecule has 1 heterocycles. The highest BCUT2D eigenvalue weighted by molar-refractivity contribution is 5.95. The monoisotopic (exact) mass is 393 g/mol. The van der Waals surface area contributed by atoms with E-state index in [1.807, 2.05) is 68.8 Å². The molecule has 0 aliphatic carbocycles. The number of nitrogens with one attached hydrogen (secondary N) is 3. The average Bonchev–Trinajstić information content (AvgIpc) is 3.26. The van der Waals surface area contributed by atoms with Crippen molar-refractivity contribution in [1.82, 2.24) is 20.4 Å². The standard InChI is InChI=1S/C22H27N5O2/c1-27(2)12-11-23-21(17-5-4-6-20(13-17)29-3)22(28)26-19-9-7-16(8-10-19)18-14-24-25-15-18/h4-10,13-15,21,23H,11-12H2,1-3H3,(H,24,25)(H,26,28)/t21-/m0/s1. The zero-order valence-corrected chi connectivity index (χ0v) is 17.0. The zero-order chi connectivity index (χ0) is 20.6. The lowest BCUT2D eigenvalue weighted by molar-refractivity contribution is -0.118. The molecule has 7 heteroatoms. The Labute approximate surface area is 171 Å². The van der Waals surface area contributed by atoms with Crippen LogP contribution in [0, 0.1) is 0 Å². The molecule has 0 saturated carbocycles. The number of H-pyrrole nitrogens is 1. The first-order valence-electron chi connectivity index (χ1n) is 9.49. The van der Waals surface area contributed by atoms with E-state index in [-0.39, 0.29) is 5.91 Å². The molecule has 0 fully saturated rings. The molecule has 1 atom stereocenters. The molecular formula is C22H27N5O2. The first-order chi connectivity index (χ1) is 14.1. The number of anilines is 1. The van der Waals surface area contributed by atoms with Crippen molar-refractivity contribution >= 4 is 11.6 Å². The number of likely N-dealkylation sites (N-methyl/N-ethyl adjacent to an activating group) is 1. The molecule has 3 N–H and O–H groups in total. The van der Waals surface area contributed by atoms with Crippen LogP contribution in [0.5, 0.6) is 5.75 Å². The first-order valence-corrected chi connectivity index (χ1v) is 9.49. The number of methoxy groups -OCH3 is 1. The maximum absolute atomic E-state index is 13.1. The van der Waals surface area contributed by atoms with Crippen LogP contribution in [0.25, 0.3) is 11.1 Å². The van der Waals surface area contributed by atoms with E-state index < -0.39 is 6.04 Å². The van der Waals surface area contributed by atoms with Gasteiger partial charge in [-0.05, 0) is 49.5 Å². The predicted octanol–water partition coefficient (Wildman–Crippen LogP) is 2.92. The van der Waals surface area contributed by atoms with Gasteiger partial charge < -0.3 is 20.3 Å². The van der Waals surface area contributed by atoms with Crippen LogP contribution < -0.4 is 15.4 Å². The molecule has 0 aliphatic rings. The second-order valence-corrected chi connectivity index (χ2v) is 7.02. The Morgan fingerprint density at radius 3 is 2.62 bits per heavy atom. The van der Waals surface area contributed by atoms with Gasteiger partial charge in [0.15, 0.2) is 0 Å². The van der Waals surface area contributed by atoms with Crippen LogP contribution >= 0.6 is 0 Å². The van der Waals surface area contributed by atoms with E-state index in [4.69, 9.17) is 4.74 Å². The lowest BCUT2D eigenvalue weighted by atomic mass is 10.0. The number of amides is 1. The molecule has 152 valence electrons. The van der Waals surface area contributed by atoms with E-state index in [9.17, 15) is 4.79 Å². The van der Waals surface area contributed by atoms with Gasteiger partial charge in [-0.25, -0.2) is 0 Å². The van der Waals surface area contributed by atoms with Crippen molar-refractivity contribution in [3.63, 3.8) is 0 Å². The minimum absolute atomic E-state index is 0.118. The Bertz CT molecular complexity index is 907. The second kappa shape index (κ2) is 9.86. The van der Waals surface area contributed by atoms with Crippen LogP contribution in [0.3, 0.4) is 0 Å². The Balaban J connectivity index is 1.74. The van der Waals surface area contributed by atoms with Gasteiger partial charge in [0.25, 0.3) is 0 Å². The summed E-state index contributed by atoms with van der Waals surface area (Å²) in [4.78, 5) is 15.1. The normalized spacial score (nSPS) is 12.0. The first kappa shape index (κ1) is 20.6. The van der Waals surface area contributed by atoms with Crippen LogP contribution in [-0.2, 0) is 4.79 Å². The van der Waals surface area contributed by atoms with Crippen molar-refractivity contribution in [2.45, 2.75) is 6.04 Å². The third-order valence-electron chi connectivity index (χ3n) is 4.58. The summed E-state index contributed by atoms with van der Waals surface area (Å²) in [5.74, 6) is 0.604. The third-order valence-corrected chi connectivity index (χ3v) is 4.58. The van der Waals surface area contributed by atoms with Gasteiger partial charge in [-0.3, -0.25) is 9.89 Å². The van der Waals surface area contributed by atoms with E-state index in [1.54, 1.807) is 13.3 Å². The van der Waals surface area contributed by atoms with Crippen LogP contribution in [0.2, 0.25) is 0 Å². The number of carbonyl (C=O) groups excluding carboxylic acids is 1. The lowest BCUT2D eigenvalue weighted by Crippen LogP contribution is -2.36. The van der Waals surface area contributed by atoms with E-state index in [1.165, 1.54) is 0 Å². The van der Waals surface area contributed by atoms with Gasteiger partial charge >= 0.3 is 0 Å². The molecule has 0 unspecified atom stereocenters. The minimum Gasteiger partial charge on any atom is -0.497 e. The third kappa shape index (κ3) is 5.66. The molecule has 29 heavy (non-hydrogen) atoms. The van der Waals surface area contributed by atoms with Gasteiger partial charge in [-0.15, -0.1) is 0 Å². The van der Waals surface area contributed by atoms with Gasteiger partial charge in [0, 0.05) is 30.5 Å². The molecule has 3 aromatic rings. The Kier molecular flexibility index (Phi) is 6.99. The number of hydrogen-bond acceptors (Lipinski definition) is 5. The number of ether oxygens (including phenoxy) is 1. The zero-order valence-electron chi connectivity index (χ0n) is 17.0. The summed E-state index contributed by atoms with van der Waals surface area (Å²) in [6.45, 7) is 1.51. The maximum Gasteiger partial charge on any atom is 0.246 e. The number of carbonyl (C=O) groups is 1. The fourth-order valence-corrected chi connectivity index (χ4v) is 2.98. The van der Waals surface area contributed by atoms with Crippen molar-refractivity contribution < 1.29 is 9.53 Å². The molecule has 3 rings (SSSR count). The molecule has 7 nitrogen and oxygen atoms in total. The molecule has 0 aliphatic heterocycles. The summed E-state index contributed by atoms with van der Waals surface area (Å²) in [5.41, 5.74) is 3.63. The molecule has 0 radical (unpaired) electrons. The minimum atomic E-state index is -0.487. The second-order valence-electron chi connectivity index (χ2n) is 7.02. The number of aromatic nitrogens is 2. The maximum atomic E-state index is 13.1. The van der Waals surface area contributed by atoms with Crippen LogP contribution in [-0.4, -0.2) is 55.3 Å². The van der Waals surface area contributed by atoms with Crippen LogP contribution in [0.1, 0.15) is 11.6 Å². The van der Waals surface area contributed by atoms with Crippen molar-refractivity contribution in [3.8, 4) is 16.9 Å². The number of rotatable bonds is 9. The fourth-order valence-electron chi connectivity index (χ4n) is 2.98. The van der Waals surface area contributed by atoms with Gasteiger partial charge in [-0.1, -0.05) is 24.3 Å². The van der Waals surface area contributed by atoms with E-state index in [0.717, 1.165) is 34.7 Å². The number of aromatic amines is 1. The van der Waals surface area contributed by atoms with Gasteiger partial charge in [-0.2, -0.15) is 5.10 Å². The van der Waals surface area contributed by atoms with Crippen LogP contribution in [0.15, 0.2) is 60.9 Å². The summed E-state index contributed by atoms with van der Waals surface area (Å²) >= 11 is 0. The molecule has 0 spiro atoms. The van der Waals surface area contributed by atoms with E-state index in [2.05, 4.69) is 25.7 Å². The number of hydrogen-bond donors (Lipinski definition) is 3. The number of benzene rings is 2. The lowest BCUT2D eigenvalue weighted by Gasteiger charge is -2.21. The molecule has 0 bridgehead atoms. The van der Waals surface area contributed by atoms with Crippen molar-refractivity contribution in [2.24, 2.45) is 0 Å². The number of nitrogens with zero attached hydrogens (tertiary/aromatic N) is 2. The van der Waals surface area contributed by atoms with Crippen molar-refractivity contribution in [3.05, 3.63) is 66.5 Å². The highest BCUT2D eigenvalue weighted by Crippen LogP contribution is 2.23. The highest BCUT2D eigenvalue weighted by Gasteiger charge is 2.21. The summed E-state index contributed by atoms with van der Waals surface area (Å²) in [6, 6.07) is 14.8. The van der Waals surface area contributed by atoms with Crippen molar-refractivity contribution in [1.29, 1.82) is 0 Å².